The zero-order chi connectivity index (χ0) is 11.5. The Labute approximate surface area is 96.6 Å². The van der Waals surface area contributed by atoms with Crippen LogP contribution in [0.15, 0.2) is 24.3 Å². The topological polar surface area (TPSA) is 23.6 Å². The molecule has 3 nitrogen and oxygen atoms in total. The Balaban J connectivity index is 2.25. The molecular formula is C13H18N2O. The fourth-order valence-corrected chi connectivity index (χ4v) is 2.23. The van der Waals surface area contributed by atoms with Crippen LogP contribution in [0.2, 0.25) is 0 Å². The van der Waals surface area contributed by atoms with Crippen LogP contribution < -0.4 is 5.01 Å². The van der Waals surface area contributed by atoms with Gasteiger partial charge in [0, 0.05) is 20.0 Å². The van der Waals surface area contributed by atoms with Crippen molar-refractivity contribution in [1.29, 1.82) is 0 Å². The quantitative estimate of drug-likeness (QED) is 0.776. The minimum absolute atomic E-state index is 0.124. The molecule has 1 aliphatic rings. The van der Waals surface area contributed by atoms with Gasteiger partial charge >= 0.3 is 0 Å². The second-order valence-electron chi connectivity index (χ2n) is 4.14. The van der Waals surface area contributed by atoms with E-state index < -0.39 is 0 Å². The predicted octanol–water partition coefficient (Wildman–Crippen LogP) is 2.22. The molecule has 1 heterocycles. The fourth-order valence-electron chi connectivity index (χ4n) is 2.23. The van der Waals surface area contributed by atoms with E-state index in [1.54, 1.807) is 6.92 Å². The molecule has 0 radical (unpaired) electrons. The summed E-state index contributed by atoms with van der Waals surface area (Å²) < 4.78 is 0. The highest BCUT2D eigenvalue weighted by Gasteiger charge is 2.24. The van der Waals surface area contributed by atoms with E-state index in [2.05, 4.69) is 30.1 Å². The Kier molecular flexibility index (Phi) is 3.13. The fraction of sp³-hybridized carbons (Fsp3) is 0.462. The highest BCUT2D eigenvalue weighted by Crippen LogP contribution is 2.28. The summed E-state index contributed by atoms with van der Waals surface area (Å²) >= 11 is 0. The van der Waals surface area contributed by atoms with Crippen molar-refractivity contribution in [3.05, 3.63) is 29.8 Å². The maximum Gasteiger partial charge on any atom is 0.237 e. The van der Waals surface area contributed by atoms with Crippen molar-refractivity contribution < 1.29 is 4.79 Å². The van der Waals surface area contributed by atoms with Gasteiger partial charge < -0.3 is 0 Å². The molecule has 0 N–H and O–H groups in total. The minimum atomic E-state index is 0.124. The third-order valence-corrected chi connectivity index (χ3v) is 2.95. The summed E-state index contributed by atoms with van der Waals surface area (Å²) in [5.74, 6) is 0.124. The predicted molar refractivity (Wildman–Crippen MR) is 65.2 cm³/mol. The van der Waals surface area contributed by atoms with Crippen molar-refractivity contribution in [1.82, 2.24) is 5.01 Å². The molecule has 0 saturated heterocycles. The zero-order valence-corrected chi connectivity index (χ0v) is 9.94. The lowest BCUT2D eigenvalue weighted by Gasteiger charge is -2.32. The summed E-state index contributed by atoms with van der Waals surface area (Å²) in [5.41, 5.74) is 2.52. The van der Waals surface area contributed by atoms with Crippen LogP contribution in [0.5, 0.6) is 0 Å². The number of rotatable bonds is 3. The third kappa shape index (κ3) is 1.90. The van der Waals surface area contributed by atoms with Crippen molar-refractivity contribution in [2.75, 3.05) is 18.1 Å². The van der Waals surface area contributed by atoms with Gasteiger partial charge in [-0.15, -0.1) is 0 Å². The van der Waals surface area contributed by atoms with Gasteiger partial charge in [0.1, 0.15) is 0 Å². The van der Waals surface area contributed by atoms with Crippen molar-refractivity contribution in [3.63, 3.8) is 0 Å². The Hall–Kier alpha value is -1.51. The number of fused-ring (bicyclic) bond motifs is 1. The monoisotopic (exact) mass is 218 g/mol. The van der Waals surface area contributed by atoms with E-state index in [-0.39, 0.29) is 5.91 Å². The van der Waals surface area contributed by atoms with Gasteiger partial charge in [-0.2, -0.15) is 0 Å². The number of para-hydroxylation sites is 1. The van der Waals surface area contributed by atoms with Gasteiger partial charge in [0.05, 0.1) is 5.69 Å². The van der Waals surface area contributed by atoms with E-state index in [4.69, 9.17) is 0 Å². The number of hydrogen-bond acceptors (Lipinski definition) is 2. The summed E-state index contributed by atoms with van der Waals surface area (Å²) in [6.45, 7) is 5.44. The van der Waals surface area contributed by atoms with Crippen LogP contribution in [-0.4, -0.2) is 24.0 Å². The Morgan fingerprint density at radius 3 is 2.88 bits per heavy atom. The van der Waals surface area contributed by atoms with Gasteiger partial charge in [-0.05, 0) is 24.5 Å². The number of anilines is 1. The number of benzene rings is 1. The molecule has 0 unspecified atom stereocenters. The average molecular weight is 218 g/mol. The Morgan fingerprint density at radius 1 is 1.44 bits per heavy atom. The van der Waals surface area contributed by atoms with Gasteiger partial charge in [-0.25, -0.2) is 0 Å². The normalized spacial score (nSPS) is 13.8. The number of amides is 1. The van der Waals surface area contributed by atoms with Crippen LogP contribution in [0.25, 0.3) is 0 Å². The first kappa shape index (κ1) is 11.0. The van der Waals surface area contributed by atoms with Crippen molar-refractivity contribution in [2.24, 2.45) is 0 Å². The molecular weight excluding hydrogens is 200 g/mol. The van der Waals surface area contributed by atoms with E-state index in [1.807, 2.05) is 11.1 Å². The van der Waals surface area contributed by atoms with Crippen LogP contribution >= 0.6 is 0 Å². The van der Waals surface area contributed by atoms with Crippen LogP contribution in [0.3, 0.4) is 0 Å². The summed E-state index contributed by atoms with van der Waals surface area (Å²) in [6.07, 6.45) is 2.02. The summed E-state index contributed by atoms with van der Waals surface area (Å²) in [5, 5.41) is 3.97. The highest BCUT2D eigenvalue weighted by molar-refractivity contribution is 5.76. The molecule has 0 spiro atoms. The lowest BCUT2D eigenvalue weighted by atomic mass is 10.2. The summed E-state index contributed by atoms with van der Waals surface area (Å²) in [6, 6.07) is 8.31. The molecule has 3 heteroatoms. The van der Waals surface area contributed by atoms with E-state index in [0.29, 0.717) is 0 Å². The molecule has 1 aliphatic heterocycles. The van der Waals surface area contributed by atoms with Crippen molar-refractivity contribution in [3.8, 4) is 0 Å². The maximum atomic E-state index is 11.6. The molecule has 86 valence electrons. The number of nitrogens with zero attached hydrogens (tertiary/aromatic N) is 2. The van der Waals surface area contributed by atoms with Gasteiger partial charge in [0.15, 0.2) is 0 Å². The SMILES string of the molecule is CCCN(C(C)=O)N1CCc2ccccc21. The zero-order valence-electron chi connectivity index (χ0n) is 9.94. The van der Waals surface area contributed by atoms with E-state index in [9.17, 15) is 4.79 Å². The molecule has 0 bridgehead atoms. The molecule has 0 atom stereocenters. The first-order valence-corrected chi connectivity index (χ1v) is 5.87. The Bertz CT molecular complexity index is 389. The summed E-state index contributed by atoms with van der Waals surface area (Å²) in [4.78, 5) is 11.6. The minimum Gasteiger partial charge on any atom is -0.282 e. The van der Waals surface area contributed by atoms with Gasteiger partial charge in [-0.3, -0.25) is 14.8 Å². The first-order valence-electron chi connectivity index (χ1n) is 5.87. The van der Waals surface area contributed by atoms with Crippen LogP contribution in [0, 0.1) is 0 Å². The lowest BCUT2D eigenvalue weighted by Crippen LogP contribution is -2.45. The van der Waals surface area contributed by atoms with Gasteiger partial charge in [-0.1, -0.05) is 25.1 Å². The third-order valence-electron chi connectivity index (χ3n) is 2.95. The number of carbonyl (C=O) groups excluding carboxylic acids is 1. The molecule has 0 aliphatic carbocycles. The van der Waals surface area contributed by atoms with E-state index >= 15 is 0 Å². The maximum absolute atomic E-state index is 11.6. The molecule has 1 aromatic carbocycles. The average Bonchev–Trinajstić information content (AvgIpc) is 2.69. The first-order chi connectivity index (χ1) is 7.74. The van der Waals surface area contributed by atoms with Gasteiger partial charge in [0.25, 0.3) is 0 Å². The van der Waals surface area contributed by atoms with E-state index in [1.165, 1.54) is 11.3 Å². The molecule has 1 aromatic rings. The highest BCUT2D eigenvalue weighted by atomic mass is 16.2. The molecule has 0 fully saturated rings. The van der Waals surface area contributed by atoms with Crippen LogP contribution in [0.4, 0.5) is 5.69 Å². The molecule has 0 aromatic heterocycles. The number of hydrazine groups is 1. The second kappa shape index (κ2) is 4.56. The lowest BCUT2D eigenvalue weighted by molar-refractivity contribution is -0.129. The standard InChI is InChI=1S/C13H18N2O/c1-3-9-14(11(2)16)15-10-8-12-6-4-5-7-13(12)15/h4-7H,3,8-10H2,1-2H3. The molecule has 0 saturated carbocycles. The molecule has 1 amide bonds. The van der Waals surface area contributed by atoms with Crippen molar-refractivity contribution in [2.45, 2.75) is 26.7 Å². The smallest absolute Gasteiger partial charge is 0.237 e. The summed E-state index contributed by atoms with van der Waals surface area (Å²) in [7, 11) is 0. The molecule has 16 heavy (non-hydrogen) atoms. The van der Waals surface area contributed by atoms with E-state index in [0.717, 1.165) is 25.9 Å². The second-order valence-corrected chi connectivity index (χ2v) is 4.14. The number of hydrogen-bond donors (Lipinski definition) is 0. The largest absolute Gasteiger partial charge is 0.282 e. The van der Waals surface area contributed by atoms with Crippen LogP contribution in [-0.2, 0) is 11.2 Å². The Morgan fingerprint density at radius 2 is 2.19 bits per heavy atom. The number of carbonyl (C=O) groups is 1. The molecule has 2 rings (SSSR count). The van der Waals surface area contributed by atoms with Crippen LogP contribution in [0.1, 0.15) is 25.8 Å². The van der Waals surface area contributed by atoms with Gasteiger partial charge in [0.2, 0.25) is 5.91 Å². The van der Waals surface area contributed by atoms with Crippen molar-refractivity contribution >= 4 is 11.6 Å².